The van der Waals surface area contributed by atoms with Crippen molar-refractivity contribution in [2.75, 3.05) is 19.6 Å². The molecule has 4 nitrogen and oxygen atoms in total. The minimum Gasteiger partial charge on any atom is -0.329 e. The highest BCUT2D eigenvalue weighted by Crippen LogP contribution is 2.29. The number of hydrogen-bond acceptors (Lipinski definition) is 3. The van der Waals surface area contributed by atoms with E-state index >= 15 is 0 Å². The Labute approximate surface area is 128 Å². The number of rotatable bonds is 2. The topological polar surface area (TPSA) is 45.2 Å². The Morgan fingerprint density at radius 1 is 1.24 bits per heavy atom. The summed E-state index contributed by atoms with van der Waals surface area (Å²) in [5.41, 5.74) is 1.64. The highest BCUT2D eigenvalue weighted by molar-refractivity contribution is 6.31. The Kier molecular flexibility index (Phi) is 4.18. The van der Waals surface area contributed by atoms with Gasteiger partial charge in [-0.15, -0.1) is 0 Å². The molecule has 1 aromatic carbocycles. The Hall–Kier alpha value is -1.91. The number of aromatic nitrogens is 1. The van der Waals surface area contributed by atoms with Crippen LogP contribution in [0.25, 0.3) is 0 Å². The summed E-state index contributed by atoms with van der Waals surface area (Å²) >= 11 is 6.30. The second-order valence-electron chi connectivity index (χ2n) is 4.98. The molecule has 21 heavy (non-hydrogen) atoms. The molecule has 108 valence electrons. The summed E-state index contributed by atoms with van der Waals surface area (Å²) in [6.07, 6.45) is 3.28. The Balaban J connectivity index is 1.92. The van der Waals surface area contributed by atoms with E-state index in [9.17, 15) is 4.79 Å². The quantitative estimate of drug-likeness (QED) is 0.927. The van der Waals surface area contributed by atoms with E-state index in [4.69, 9.17) is 11.6 Å². The van der Waals surface area contributed by atoms with Crippen molar-refractivity contribution >= 4 is 17.5 Å². The number of carbonyl (C=O) groups is 1. The SMILES string of the molecule is O=C(c1ccncc1)N1CCNCC1c1ccccc1Cl. The van der Waals surface area contributed by atoms with Gasteiger partial charge in [0, 0.05) is 42.6 Å². The molecule has 1 amide bonds. The molecule has 1 aromatic heterocycles. The van der Waals surface area contributed by atoms with Gasteiger partial charge >= 0.3 is 0 Å². The van der Waals surface area contributed by atoms with Crippen LogP contribution < -0.4 is 5.32 Å². The Morgan fingerprint density at radius 3 is 2.76 bits per heavy atom. The maximum Gasteiger partial charge on any atom is 0.254 e. The van der Waals surface area contributed by atoms with Crippen molar-refractivity contribution in [2.24, 2.45) is 0 Å². The van der Waals surface area contributed by atoms with Crippen LogP contribution in [0, 0.1) is 0 Å². The molecule has 5 heteroatoms. The molecule has 1 atom stereocenters. The molecular formula is C16H16ClN3O. The van der Waals surface area contributed by atoms with Crippen molar-refractivity contribution in [3.63, 3.8) is 0 Å². The number of nitrogens with zero attached hydrogens (tertiary/aromatic N) is 2. The molecule has 1 N–H and O–H groups in total. The van der Waals surface area contributed by atoms with Gasteiger partial charge in [-0.2, -0.15) is 0 Å². The van der Waals surface area contributed by atoms with Gasteiger partial charge in [-0.3, -0.25) is 9.78 Å². The molecule has 2 heterocycles. The van der Waals surface area contributed by atoms with E-state index in [2.05, 4.69) is 10.3 Å². The molecule has 0 bridgehead atoms. The summed E-state index contributed by atoms with van der Waals surface area (Å²) in [6, 6.07) is 11.1. The summed E-state index contributed by atoms with van der Waals surface area (Å²) in [6.45, 7) is 2.16. The van der Waals surface area contributed by atoms with E-state index in [1.165, 1.54) is 0 Å². The van der Waals surface area contributed by atoms with Gasteiger partial charge < -0.3 is 10.2 Å². The van der Waals surface area contributed by atoms with Gasteiger partial charge in [-0.1, -0.05) is 29.8 Å². The summed E-state index contributed by atoms with van der Waals surface area (Å²) in [5.74, 6) is 0.0174. The van der Waals surface area contributed by atoms with Crippen LogP contribution in [0.15, 0.2) is 48.8 Å². The third kappa shape index (κ3) is 2.91. The van der Waals surface area contributed by atoms with Gasteiger partial charge in [0.1, 0.15) is 0 Å². The number of hydrogen-bond donors (Lipinski definition) is 1. The largest absolute Gasteiger partial charge is 0.329 e. The first-order chi connectivity index (χ1) is 10.3. The number of nitrogens with one attached hydrogen (secondary N) is 1. The van der Waals surface area contributed by atoms with Crippen molar-refractivity contribution in [2.45, 2.75) is 6.04 Å². The molecule has 1 aliphatic heterocycles. The lowest BCUT2D eigenvalue weighted by atomic mass is 10.0. The predicted molar refractivity (Wildman–Crippen MR) is 82.3 cm³/mol. The zero-order valence-corrected chi connectivity index (χ0v) is 12.3. The van der Waals surface area contributed by atoms with Gasteiger partial charge in [0.25, 0.3) is 5.91 Å². The van der Waals surface area contributed by atoms with Gasteiger partial charge in [0.05, 0.1) is 6.04 Å². The number of carbonyl (C=O) groups excluding carboxylic acids is 1. The van der Waals surface area contributed by atoms with Crippen molar-refractivity contribution in [3.8, 4) is 0 Å². The Bertz CT molecular complexity index is 632. The van der Waals surface area contributed by atoms with Crippen molar-refractivity contribution in [1.82, 2.24) is 15.2 Å². The van der Waals surface area contributed by atoms with Crippen molar-refractivity contribution < 1.29 is 4.79 Å². The molecule has 3 rings (SSSR count). The van der Waals surface area contributed by atoms with Gasteiger partial charge in [-0.25, -0.2) is 0 Å². The summed E-state index contributed by atoms with van der Waals surface area (Å²) in [5, 5.41) is 4.03. The maximum atomic E-state index is 12.7. The molecule has 0 radical (unpaired) electrons. The third-order valence-corrected chi connectivity index (χ3v) is 4.04. The molecule has 0 aliphatic carbocycles. The predicted octanol–water partition coefficient (Wildman–Crippen LogP) is 2.52. The van der Waals surface area contributed by atoms with E-state index in [0.717, 1.165) is 12.1 Å². The zero-order valence-electron chi connectivity index (χ0n) is 11.5. The van der Waals surface area contributed by atoms with Gasteiger partial charge in [-0.05, 0) is 23.8 Å². The van der Waals surface area contributed by atoms with Crippen LogP contribution in [0.3, 0.4) is 0 Å². The average molecular weight is 302 g/mol. The van der Waals surface area contributed by atoms with E-state index in [1.54, 1.807) is 24.5 Å². The molecule has 1 saturated heterocycles. The fourth-order valence-electron chi connectivity index (χ4n) is 2.63. The van der Waals surface area contributed by atoms with E-state index in [1.807, 2.05) is 29.2 Å². The lowest BCUT2D eigenvalue weighted by molar-refractivity contribution is 0.0634. The normalized spacial score (nSPS) is 18.5. The maximum absolute atomic E-state index is 12.7. The second-order valence-corrected chi connectivity index (χ2v) is 5.38. The second kappa shape index (κ2) is 6.24. The lowest BCUT2D eigenvalue weighted by Gasteiger charge is -2.37. The van der Waals surface area contributed by atoms with Crippen LogP contribution in [-0.2, 0) is 0 Å². The van der Waals surface area contributed by atoms with Crippen LogP contribution >= 0.6 is 11.6 Å². The number of halogens is 1. The standard InChI is InChI=1S/C16H16ClN3O/c17-14-4-2-1-3-13(14)15-11-19-9-10-20(15)16(21)12-5-7-18-8-6-12/h1-8,15,19H,9-11H2. The van der Waals surface area contributed by atoms with Crippen LogP contribution in [0.4, 0.5) is 0 Å². The zero-order chi connectivity index (χ0) is 14.7. The first-order valence-electron chi connectivity index (χ1n) is 6.93. The molecule has 0 saturated carbocycles. The number of amides is 1. The van der Waals surface area contributed by atoms with E-state index in [-0.39, 0.29) is 11.9 Å². The average Bonchev–Trinajstić information content (AvgIpc) is 2.55. The van der Waals surface area contributed by atoms with Crippen LogP contribution in [-0.4, -0.2) is 35.4 Å². The molecule has 1 aliphatic rings. The van der Waals surface area contributed by atoms with Gasteiger partial charge in [0.2, 0.25) is 0 Å². The minimum absolute atomic E-state index is 0.0174. The van der Waals surface area contributed by atoms with E-state index < -0.39 is 0 Å². The monoisotopic (exact) mass is 301 g/mol. The fourth-order valence-corrected chi connectivity index (χ4v) is 2.89. The van der Waals surface area contributed by atoms with Crippen LogP contribution in [0.1, 0.15) is 22.0 Å². The van der Waals surface area contributed by atoms with Crippen molar-refractivity contribution in [3.05, 3.63) is 64.9 Å². The minimum atomic E-state index is -0.0480. The van der Waals surface area contributed by atoms with Gasteiger partial charge in [0.15, 0.2) is 0 Å². The highest BCUT2D eigenvalue weighted by atomic mass is 35.5. The fraction of sp³-hybridized carbons (Fsp3) is 0.250. The van der Waals surface area contributed by atoms with Crippen molar-refractivity contribution in [1.29, 1.82) is 0 Å². The Morgan fingerprint density at radius 2 is 2.00 bits per heavy atom. The van der Waals surface area contributed by atoms with Crippen LogP contribution in [0.5, 0.6) is 0 Å². The number of pyridine rings is 1. The highest BCUT2D eigenvalue weighted by Gasteiger charge is 2.29. The molecular weight excluding hydrogens is 286 g/mol. The summed E-state index contributed by atoms with van der Waals surface area (Å²) in [4.78, 5) is 18.6. The lowest BCUT2D eigenvalue weighted by Crippen LogP contribution is -2.48. The molecule has 1 fully saturated rings. The first kappa shape index (κ1) is 14.0. The summed E-state index contributed by atoms with van der Waals surface area (Å²) < 4.78 is 0. The van der Waals surface area contributed by atoms with Crippen LogP contribution in [0.2, 0.25) is 5.02 Å². The number of piperazine rings is 1. The molecule has 1 unspecified atom stereocenters. The third-order valence-electron chi connectivity index (χ3n) is 3.70. The molecule has 0 spiro atoms. The molecule has 2 aromatic rings. The number of benzene rings is 1. The van der Waals surface area contributed by atoms with E-state index in [0.29, 0.717) is 23.7 Å². The summed E-state index contributed by atoms with van der Waals surface area (Å²) in [7, 11) is 0. The smallest absolute Gasteiger partial charge is 0.254 e. The first-order valence-corrected chi connectivity index (χ1v) is 7.31.